The molecule has 0 radical (unpaired) electrons. The van der Waals surface area contributed by atoms with Crippen LogP contribution in [0.4, 0.5) is 11.4 Å². The van der Waals surface area contributed by atoms with Gasteiger partial charge in [0.2, 0.25) is 5.69 Å². The predicted molar refractivity (Wildman–Crippen MR) is 227 cm³/mol. The highest BCUT2D eigenvalue weighted by atomic mass is 15.0. The maximum atomic E-state index is 8.20. The van der Waals surface area contributed by atoms with Crippen LogP contribution in [-0.4, -0.2) is 13.7 Å². The van der Waals surface area contributed by atoms with E-state index in [1.165, 1.54) is 32.6 Å². The van der Waals surface area contributed by atoms with Gasteiger partial charge in [-0.25, -0.2) is 9.69 Å². The highest BCUT2D eigenvalue weighted by Gasteiger charge is 2.20. The van der Waals surface area contributed by atoms with Gasteiger partial charge in [0.05, 0.1) is 57.6 Å². The van der Waals surface area contributed by atoms with E-state index < -0.39 is 0 Å². The van der Waals surface area contributed by atoms with Gasteiger partial charge in [-0.05, 0) is 77.7 Å². The van der Waals surface area contributed by atoms with Crippen molar-refractivity contribution in [2.75, 3.05) is 0 Å². The molecule has 0 fully saturated rings. The molecule has 5 heteroatoms. The summed E-state index contributed by atoms with van der Waals surface area (Å²) in [6.07, 6.45) is 0. The van der Waals surface area contributed by atoms with E-state index in [-0.39, 0.29) is 0 Å². The van der Waals surface area contributed by atoms with Crippen LogP contribution >= 0.6 is 0 Å². The minimum absolute atomic E-state index is 0.563. The third-order valence-corrected chi connectivity index (χ3v) is 11.1. The van der Waals surface area contributed by atoms with Crippen LogP contribution in [0.5, 0.6) is 0 Å². The molecule has 3 heterocycles. The molecule has 0 amide bonds. The Morgan fingerprint density at radius 1 is 0.345 bits per heavy atom. The first-order chi connectivity index (χ1) is 27.2. The van der Waals surface area contributed by atoms with Crippen LogP contribution in [-0.2, 0) is 0 Å². The van der Waals surface area contributed by atoms with Gasteiger partial charge < -0.3 is 13.7 Å². The van der Waals surface area contributed by atoms with Gasteiger partial charge in [-0.2, -0.15) is 0 Å². The standard InChI is InChI=1S/C50H29N5/c1-51-33-24-27-48-40(30-33)38-16-6-12-22-47(38)55(48)50-29-32(23-26-42(50)52-2)35-13-3-8-18-43(35)54-46-21-11-7-17-39(46)41-31-34(25-28-49(41)54)53-44-19-9-4-14-36(44)37-15-5-10-20-45(37)53/h3-31H. The quantitative estimate of drug-likeness (QED) is 0.163. The van der Waals surface area contributed by atoms with E-state index in [9.17, 15) is 0 Å². The van der Waals surface area contributed by atoms with Crippen molar-refractivity contribution in [3.05, 3.63) is 199 Å². The number of rotatable bonds is 4. The Labute approximate surface area is 316 Å². The summed E-state index contributed by atoms with van der Waals surface area (Å²) in [5, 5.41) is 6.90. The lowest BCUT2D eigenvalue weighted by Gasteiger charge is -2.17. The molecule has 8 aromatic carbocycles. The van der Waals surface area contributed by atoms with Gasteiger partial charge in [0.25, 0.3) is 0 Å². The summed E-state index contributed by atoms with van der Waals surface area (Å²) in [5.41, 5.74) is 12.8. The number of hydrogen-bond acceptors (Lipinski definition) is 0. The molecule has 5 nitrogen and oxygen atoms in total. The van der Waals surface area contributed by atoms with Crippen LogP contribution < -0.4 is 0 Å². The van der Waals surface area contributed by atoms with E-state index in [0.29, 0.717) is 11.4 Å². The van der Waals surface area contributed by atoms with E-state index >= 15 is 0 Å². The first kappa shape index (κ1) is 30.7. The molecule has 254 valence electrons. The molecule has 0 N–H and O–H groups in total. The van der Waals surface area contributed by atoms with E-state index in [1.807, 2.05) is 36.4 Å². The van der Waals surface area contributed by atoms with Crippen molar-refractivity contribution in [2.45, 2.75) is 0 Å². The second-order valence-electron chi connectivity index (χ2n) is 13.9. The summed E-state index contributed by atoms with van der Waals surface area (Å²) in [4.78, 5) is 7.71. The summed E-state index contributed by atoms with van der Waals surface area (Å²) in [7, 11) is 0. The zero-order chi connectivity index (χ0) is 36.6. The number of hydrogen-bond donors (Lipinski definition) is 0. The fourth-order valence-corrected chi connectivity index (χ4v) is 8.73. The van der Waals surface area contributed by atoms with Gasteiger partial charge in [0.1, 0.15) is 0 Å². The Kier molecular flexibility index (Phi) is 6.61. The van der Waals surface area contributed by atoms with Crippen molar-refractivity contribution >= 4 is 76.8 Å². The molecule has 0 saturated heterocycles. The van der Waals surface area contributed by atoms with Crippen LogP contribution in [0.25, 0.3) is 103 Å². The molecule has 0 aliphatic heterocycles. The van der Waals surface area contributed by atoms with Crippen molar-refractivity contribution in [1.82, 2.24) is 13.7 Å². The minimum atomic E-state index is 0.563. The number of benzene rings is 8. The van der Waals surface area contributed by atoms with Crippen LogP contribution in [0, 0.1) is 13.1 Å². The molecule has 11 rings (SSSR count). The number of para-hydroxylation sites is 5. The molecule has 0 spiro atoms. The largest absolute Gasteiger partial charge is 0.319 e. The van der Waals surface area contributed by atoms with Crippen LogP contribution in [0.15, 0.2) is 176 Å². The Morgan fingerprint density at radius 3 is 1.45 bits per heavy atom. The fraction of sp³-hybridized carbons (Fsp3) is 0. The molecule has 0 saturated carbocycles. The molecular formula is C50H29N5. The van der Waals surface area contributed by atoms with Crippen molar-refractivity contribution in [3.8, 4) is 28.2 Å². The smallest absolute Gasteiger partial charge is 0.210 e. The molecular weight excluding hydrogens is 671 g/mol. The highest BCUT2D eigenvalue weighted by molar-refractivity contribution is 6.13. The summed E-state index contributed by atoms with van der Waals surface area (Å²) < 4.78 is 6.93. The highest BCUT2D eigenvalue weighted by Crippen LogP contribution is 2.42. The number of fused-ring (bicyclic) bond motifs is 9. The van der Waals surface area contributed by atoms with Crippen molar-refractivity contribution in [3.63, 3.8) is 0 Å². The maximum absolute atomic E-state index is 8.20. The molecule has 55 heavy (non-hydrogen) atoms. The second-order valence-corrected chi connectivity index (χ2v) is 13.9. The Balaban J connectivity index is 1.14. The second kappa shape index (κ2) is 11.8. The average molecular weight is 700 g/mol. The lowest BCUT2D eigenvalue weighted by atomic mass is 10.0. The van der Waals surface area contributed by atoms with Gasteiger partial charge in [-0.3, -0.25) is 0 Å². The van der Waals surface area contributed by atoms with Crippen LogP contribution in [0.3, 0.4) is 0 Å². The summed E-state index contributed by atoms with van der Waals surface area (Å²) >= 11 is 0. The monoisotopic (exact) mass is 699 g/mol. The van der Waals surface area contributed by atoms with Crippen molar-refractivity contribution < 1.29 is 0 Å². The number of nitrogens with zero attached hydrogens (tertiary/aromatic N) is 5. The summed E-state index contributed by atoms with van der Waals surface area (Å²) in [5.74, 6) is 0. The van der Waals surface area contributed by atoms with Crippen LogP contribution in [0.2, 0.25) is 0 Å². The van der Waals surface area contributed by atoms with Gasteiger partial charge in [0, 0.05) is 38.2 Å². The van der Waals surface area contributed by atoms with E-state index in [2.05, 4.69) is 163 Å². The number of aromatic nitrogens is 3. The van der Waals surface area contributed by atoms with Gasteiger partial charge in [-0.15, -0.1) is 0 Å². The lowest BCUT2D eigenvalue weighted by Crippen LogP contribution is -1.99. The first-order valence-electron chi connectivity index (χ1n) is 18.3. The van der Waals surface area contributed by atoms with E-state index in [1.54, 1.807) is 0 Å². The summed E-state index contributed by atoms with van der Waals surface area (Å²) in [6, 6.07) is 61.5. The molecule has 0 aliphatic rings. The predicted octanol–water partition coefficient (Wildman–Crippen LogP) is 13.7. The molecule has 0 aliphatic carbocycles. The van der Waals surface area contributed by atoms with Crippen molar-refractivity contribution in [1.29, 1.82) is 0 Å². The van der Waals surface area contributed by atoms with Gasteiger partial charge in [0.15, 0.2) is 5.69 Å². The Morgan fingerprint density at radius 2 is 0.836 bits per heavy atom. The Hall–Kier alpha value is -7.86. The molecule has 3 aromatic heterocycles. The van der Waals surface area contributed by atoms with Crippen molar-refractivity contribution in [2.24, 2.45) is 0 Å². The lowest BCUT2D eigenvalue weighted by molar-refractivity contribution is 1.16. The molecule has 0 atom stereocenters. The van der Waals surface area contributed by atoms with E-state index in [0.717, 1.165) is 61.0 Å². The van der Waals surface area contributed by atoms with Gasteiger partial charge >= 0.3 is 0 Å². The van der Waals surface area contributed by atoms with Crippen LogP contribution in [0.1, 0.15) is 0 Å². The average Bonchev–Trinajstić information content (AvgIpc) is 3.88. The fourth-order valence-electron chi connectivity index (χ4n) is 8.73. The van der Waals surface area contributed by atoms with Gasteiger partial charge in [-0.1, -0.05) is 109 Å². The topological polar surface area (TPSA) is 23.5 Å². The molecule has 11 aromatic rings. The Bertz CT molecular complexity index is 3420. The SMILES string of the molecule is [C-]#[N+]c1ccc2c(c1)c1ccccc1n2-c1cc(-c2ccccc2-n2c3ccccc3c3cc(-n4c5ccccc5c5ccccc54)ccc32)ccc1[N+]#[C-]. The third kappa shape index (κ3) is 4.45. The molecule has 0 unspecified atom stereocenters. The normalized spacial score (nSPS) is 11.6. The third-order valence-electron chi connectivity index (χ3n) is 11.1. The maximum Gasteiger partial charge on any atom is 0.210 e. The minimum Gasteiger partial charge on any atom is -0.319 e. The summed E-state index contributed by atoms with van der Waals surface area (Å²) in [6.45, 7) is 15.8. The first-order valence-corrected chi connectivity index (χ1v) is 18.3. The zero-order valence-electron chi connectivity index (χ0n) is 29.5. The molecule has 0 bridgehead atoms. The zero-order valence-corrected chi connectivity index (χ0v) is 29.5. The van der Waals surface area contributed by atoms with E-state index in [4.69, 9.17) is 13.1 Å².